The average molecular weight is 431 g/mol. The highest BCUT2D eigenvalue weighted by Gasteiger charge is 2.40. The van der Waals surface area contributed by atoms with Crippen molar-refractivity contribution >= 4 is 34.1 Å². The molecular weight excluding hydrogens is 417 g/mol. The van der Waals surface area contributed by atoms with Gasteiger partial charge in [-0.2, -0.15) is 18.3 Å². The van der Waals surface area contributed by atoms with Crippen molar-refractivity contribution in [1.29, 1.82) is 0 Å². The highest BCUT2D eigenvalue weighted by atomic mass is 35.5. The Morgan fingerprint density at radius 1 is 1.10 bits per heavy atom. The number of rotatable bonds is 3. The number of pyridine rings is 1. The van der Waals surface area contributed by atoms with Crippen LogP contribution in [0.1, 0.15) is 21.7 Å². The van der Waals surface area contributed by atoms with Gasteiger partial charge >= 0.3 is 6.18 Å². The molecule has 2 aromatic carbocycles. The quantitative estimate of drug-likeness (QED) is 0.456. The van der Waals surface area contributed by atoms with Crippen molar-refractivity contribution in [2.24, 2.45) is 0 Å². The van der Waals surface area contributed by atoms with Gasteiger partial charge in [-0.3, -0.25) is 9.78 Å². The Balaban J connectivity index is 1.78. The fraction of sp³-hybridized carbons (Fsp3) is 0.0952. The highest BCUT2D eigenvalue weighted by Crippen LogP contribution is 2.34. The van der Waals surface area contributed by atoms with E-state index in [1.165, 1.54) is 24.3 Å². The second-order valence-electron chi connectivity index (χ2n) is 6.58. The summed E-state index contributed by atoms with van der Waals surface area (Å²) < 4.78 is 42.2. The lowest BCUT2D eigenvalue weighted by Gasteiger charge is -2.13. The second kappa shape index (κ2) is 7.46. The van der Waals surface area contributed by atoms with Crippen LogP contribution in [0.5, 0.6) is 0 Å². The van der Waals surface area contributed by atoms with E-state index in [0.29, 0.717) is 21.6 Å². The smallest absolute Gasteiger partial charge is 0.320 e. The van der Waals surface area contributed by atoms with Crippen molar-refractivity contribution in [2.45, 2.75) is 13.1 Å². The molecule has 30 heavy (non-hydrogen) atoms. The highest BCUT2D eigenvalue weighted by molar-refractivity contribution is 6.30. The number of alkyl halides is 3. The van der Waals surface area contributed by atoms with Crippen LogP contribution in [-0.4, -0.2) is 20.7 Å². The lowest BCUT2D eigenvalue weighted by atomic mass is 10.1. The monoisotopic (exact) mass is 430 g/mol. The molecule has 0 bridgehead atoms. The van der Waals surface area contributed by atoms with E-state index in [2.05, 4.69) is 15.4 Å². The first-order valence-corrected chi connectivity index (χ1v) is 9.21. The fourth-order valence-corrected chi connectivity index (χ4v) is 3.31. The van der Waals surface area contributed by atoms with E-state index in [-0.39, 0.29) is 10.7 Å². The van der Waals surface area contributed by atoms with Gasteiger partial charge in [-0.15, -0.1) is 0 Å². The summed E-state index contributed by atoms with van der Waals surface area (Å²) in [7, 11) is 0. The molecule has 4 aromatic rings. The number of para-hydroxylation sites is 1. The van der Waals surface area contributed by atoms with Crippen molar-refractivity contribution in [3.8, 4) is 5.69 Å². The zero-order chi connectivity index (χ0) is 21.5. The van der Waals surface area contributed by atoms with Crippen LogP contribution in [0.4, 0.5) is 18.9 Å². The Morgan fingerprint density at radius 3 is 2.60 bits per heavy atom. The molecular formula is C21H14ClF3N4O. The molecule has 0 radical (unpaired) electrons. The van der Waals surface area contributed by atoms with Gasteiger partial charge in [0.2, 0.25) is 0 Å². The minimum atomic E-state index is -4.82. The number of nitrogens with one attached hydrogen (secondary N) is 1. The molecule has 2 aromatic heterocycles. The van der Waals surface area contributed by atoms with E-state index in [4.69, 9.17) is 11.6 Å². The first-order valence-electron chi connectivity index (χ1n) is 8.83. The van der Waals surface area contributed by atoms with E-state index < -0.39 is 23.3 Å². The molecule has 0 saturated carbocycles. The zero-order valence-electron chi connectivity index (χ0n) is 15.5. The molecule has 0 aliphatic heterocycles. The summed E-state index contributed by atoms with van der Waals surface area (Å²) in [5.41, 5.74) is -0.185. The Kier molecular flexibility index (Phi) is 4.95. The number of fused-ring (bicyclic) bond motifs is 1. The number of carbonyl (C=O) groups is 1. The van der Waals surface area contributed by atoms with Gasteiger partial charge in [0.25, 0.3) is 5.91 Å². The number of amides is 1. The van der Waals surface area contributed by atoms with Crippen molar-refractivity contribution in [3.63, 3.8) is 0 Å². The van der Waals surface area contributed by atoms with Crippen LogP contribution in [0.25, 0.3) is 16.6 Å². The molecule has 1 N–H and O–H groups in total. The number of nitrogens with zero attached hydrogens (tertiary/aromatic N) is 3. The predicted molar refractivity (Wildman–Crippen MR) is 108 cm³/mol. The SMILES string of the molecule is Cc1ccc2cccc(NC(=O)c3cnn(-c4cccc(Cl)c4)c3C(F)(F)F)c2n1. The predicted octanol–water partition coefficient (Wildman–Crippen LogP) is 5.65. The lowest BCUT2D eigenvalue weighted by molar-refractivity contribution is -0.143. The minimum absolute atomic E-state index is 0.0938. The third-order valence-electron chi connectivity index (χ3n) is 4.44. The second-order valence-corrected chi connectivity index (χ2v) is 7.02. The molecule has 0 aliphatic carbocycles. The zero-order valence-corrected chi connectivity index (χ0v) is 16.3. The Morgan fingerprint density at radius 2 is 1.87 bits per heavy atom. The van der Waals surface area contributed by atoms with Crippen LogP contribution in [0, 0.1) is 6.92 Å². The largest absolute Gasteiger partial charge is 0.434 e. The van der Waals surface area contributed by atoms with Crippen LogP contribution >= 0.6 is 11.6 Å². The number of aryl methyl sites for hydroxylation is 1. The maximum atomic E-state index is 13.8. The molecule has 9 heteroatoms. The molecule has 0 saturated heterocycles. The normalized spacial score (nSPS) is 11.6. The third kappa shape index (κ3) is 3.73. The standard InChI is InChI=1S/C21H14ClF3N4O/c1-12-8-9-13-4-2-7-17(18(13)27-12)28-20(30)16-11-26-29(19(16)21(23,24)25)15-6-3-5-14(22)10-15/h2-11H,1H3,(H,28,30). The van der Waals surface area contributed by atoms with Crippen LogP contribution in [0.15, 0.2) is 60.8 Å². The number of carbonyl (C=O) groups excluding carboxylic acids is 1. The minimum Gasteiger partial charge on any atom is -0.320 e. The molecule has 5 nitrogen and oxygen atoms in total. The summed E-state index contributed by atoms with van der Waals surface area (Å²) >= 11 is 5.90. The van der Waals surface area contributed by atoms with Crippen LogP contribution in [-0.2, 0) is 6.18 Å². The Hall–Kier alpha value is -3.39. The summed E-state index contributed by atoms with van der Waals surface area (Å²) in [5.74, 6) is -0.939. The van der Waals surface area contributed by atoms with Gasteiger partial charge in [0, 0.05) is 16.1 Å². The molecule has 152 valence electrons. The number of hydrogen-bond acceptors (Lipinski definition) is 3. The first kappa shape index (κ1) is 19.9. The van der Waals surface area contributed by atoms with E-state index >= 15 is 0 Å². The third-order valence-corrected chi connectivity index (χ3v) is 4.68. The molecule has 0 unspecified atom stereocenters. The van der Waals surface area contributed by atoms with Gasteiger partial charge in [0.05, 0.1) is 28.7 Å². The molecule has 0 spiro atoms. The van der Waals surface area contributed by atoms with E-state index in [9.17, 15) is 18.0 Å². The summed E-state index contributed by atoms with van der Waals surface area (Å²) in [6.45, 7) is 1.79. The van der Waals surface area contributed by atoms with Gasteiger partial charge < -0.3 is 5.32 Å². The molecule has 2 heterocycles. The van der Waals surface area contributed by atoms with E-state index in [0.717, 1.165) is 11.6 Å². The van der Waals surface area contributed by atoms with Gasteiger partial charge in [-0.1, -0.05) is 35.9 Å². The van der Waals surface area contributed by atoms with Crippen LogP contribution in [0.3, 0.4) is 0 Å². The summed E-state index contributed by atoms with van der Waals surface area (Å²) in [4.78, 5) is 17.2. The summed E-state index contributed by atoms with van der Waals surface area (Å²) in [6.07, 6.45) is -3.93. The number of anilines is 1. The van der Waals surface area contributed by atoms with Crippen LogP contribution in [0.2, 0.25) is 5.02 Å². The van der Waals surface area contributed by atoms with Crippen molar-refractivity contribution in [2.75, 3.05) is 5.32 Å². The number of hydrogen-bond donors (Lipinski definition) is 1. The number of benzene rings is 2. The Bertz CT molecular complexity index is 1270. The maximum absolute atomic E-state index is 13.8. The average Bonchev–Trinajstić information content (AvgIpc) is 3.14. The fourth-order valence-electron chi connectivity index (χ4n) is 3.13. The van der Waals surface area contributed by atoms with Crippen molar-refractivity contribution in [1.82, 2.24) is 14.8 Å². The number of halogens is 4. The molecule has 4 rings (SSSR count). The summed E-state index contributed by atoms with van der Waals surface area (Å²) in [5, 5.41) is 7.33. The Labute approximate surface area is 174 Å². The van der Waals surface area contributed by atoms with E-state index in [1.54, 1.807) is 25.1 Å². The van der Waals surface area contributed by atoms with Gasteiger partial charge in [-0.25, -0.2) is 4.68 Å². The molecule has 1 amide bonds. The maximum Gasteiger partial charge on any atom is 0.434 e. The van der Waals surface area contributed by atoms with Crippen molar-refractivity contribution < 1.29 is 18.0 Å². The first-order chi connectivity index (χ1) is 14.2. The lowest BCUT2D eigenvalue weighted by Crippen LogP contribution is -2.21. The molecule has 0 atom stereocenters. The van der Waals surface area contributed by atoms with Crippen LogP contribution < -0.4 is 5.32 Å². The van der Waals surface area contributed by atoms with Gasteiger partial charge in [0.1, 0.15) is 0 Å². The molecule has 0 fully saturated rings. The summed E-state index contributed by atoms with van der Waals surface area (Å²) in [6, 6.07) is 14.5. The van der Waals surface area contributed by atoms with Gasteiger partial charge in [0.15, 0.2) is 5.69 Å². The van der Waals surface area contributed by atoms with Crippen molar-refractivity contribution in [3.05, 3.63) is 82.8 Å². The van der Waals surface area contributed by atoms with E-state index in [1.807, 2.05) is 12.1 Å². The number of aromatic nitrogens is 3. The van der Waals surface area contributed by atoms with Gasteiger partial charge in [-0.05, 0) is 37.3 Å². The molecule has 0 aliphatic rings. The topological polar surface area (TPSA) is 59.8 Å².